The Hall–Kier alpha value is -0.610. The molecule has 1 aromatic heterocycles. The molecule has 68 valence electrons. The van der Waals surface area contributed by atoms with Crippen molar-refractivity contribution in [1.82, 2.24) is 9.88 Å². The van der Waals surface area contributed by atoms with Gasteiger partial charge in [-0.05, 0) is 26.9 Å². The first-order valence-electron chi connectivity index (χ1n) is 4.05. The third-order valence-corrected chi connectivity index (χ3v) is 2.67. The Morgan fingerprint density at radius 2 is 2.42 bits per heavy atom. The van der Waals surface area contributed by atoms with Gasteiger partial charge in [-0.1, -0.05) is 11.3 Å². The Morgan fingerprint density at radius 3 is 2.92 bits per heavy atom. The van der Waals surface area contributed by atoms with Crippen LogP contribution in [0.25, 0.3) is 0 Å². The molecule has 0 unspecified atom stereocenters. The highest BCUT2D eigenvalue weighted by atomic mass is 32.1. The Morgan fingerprint density at radius 1 is 1.67 bits per heavy atom. The van der Waals surface area contributed by atoms with Gasteiger partial charge in [-0.3, -0.25) is 4.79 Å². The minimum Gasteiger partial charge on any atom is -0.320 e. The minimum atomic E-state index is 0.156. The Labute approximate surface area is 76.0 Å². The summed E-state index contributed by atoms with van der Waals surface area (Å²) in [4.78, 5) is 11.4. The zero-order chi connectivity index (χ0) is 8.97. The van der Waals surface area contributed by atoms with Crippen LogP contribution in [0.3, 0.4) is 0 Å². The van der Waals surface area contributed by atoms with E-state index in [-0.39, 0.29) is 4.87 Å². The van der Waals surface area contributed by atoms with E-state index < -0.39 is 0 Å². The first-order chi connectivity index (χ1) is 5.75. The number of rotatable bonds is 4. The van der Waals surface area contributed by atoms with E-state index >= 15 is 0 Å². The lowest BCUT2D eigenvalue weighted by atomic mass is 10.4. The highest BCUT2D eigenvalue weighted by Crippen LogP contribution is 1.99. The quantitative estimate of drug-likeness (QED) is 0.707. The molecule has 1 N–H and O–H groups in total. The van der Waals surface area contributed by atoms with Crippen molar-refractivity contribution in [1.29, 1.82) is 0 Å². The second kappa shape index (κ2) is 4.42. The molecule has 3 nitrogen and oxygen atoms in total. The normalized spacial score (nSPS) is 10.5. The van der Waals surface area contributed by atoms with Crippen LogP contribution in [0.15, 0.2) is 10.2 Å². The molecular weight excluding hydrogens is 172 g/mol. The highest BCUT2D eigenvalue weighted by molar-refractivity contribution is 7.07. The Balaban J connectivity index is 2.56. The van der Waals surface area contributed by atoms with Crippen LogP contribution in [0, 0.1) is 6.92 Å². The van der Waals surface area contributed by atoms with E-state index in [9.17, 15) is 4.79 Å². The van der Waals surface area contributed by atoms with E-state index in [0.29, 0.717) is 0 Å². The third-order valence-electron chi connectivity index (χ3n) is 1.78. The fourth-order valence-corrected chi connectivity index (χ4v) is 1.85. The average molecular weight is 186 g/mol. The molecule has 0 bridgehead atoms. The zero-order valence-electron chi connectivity index (χ0n) is 7.46. The van der Waals surface area contributed by atoms with Gasteiger partial charge in [0.15, 0.2) is 0 Å². The van der Waals surface area contributed by atoms with Crippen LogP contribution >= 0.6 is 11.3 Å². The third kappa shape index (κ3) is 2.19. The molecule has 0 aromatic carbocycles. The number of aromatic nitrogens is 1. The first kappa shape index (κ1) is 9.48. The summed E-state index contributed by atoms with van der Waals surface area (Å²) in [5, 5.41) is 4.96. The fraction of sp³-hybridized carbons (Fsp3) is 0.625. The van der Waals surface area contributed by atoms with Gasteiger partial charge in [0.1, 0.15) is 0 Å². The molecule has 0 aliphatic heterocycles. The summed E-state index contributed by atoms with van der Waals surface area (Å²) in [6.07, 6.45) is 1.01. The van der Waals surface area contributed by atoms with E-state index in [2.05, 4.69) is 5.32 Å². The van der Waals surface area contributed by atoms with E-state index in [0.717, 1.165) is 25.2 Å². The number of thiazole rings is 1. The van der Waals surface area contributed by atoms with Crippen LogP contribution in [0.2, 0.25) is 0 Å². The summed E-state index contributed by atoms with van der Waals surface area (Å²) in [6, 6.07) is 0. The van der Waals surface area contributed by atoms with Crippen molar-refractivity contribution in [3.05, 3.63) is 20.7 Å². The molecule has 1 heterocycles. The predicted octanol–water partition coefficient (Wildman–Crippen LogP) is 0.828. The smallest absolute Gasteiger partial charge is 0.307 e. The number of hydrogen-bond donors (Lipinski definition) is 1. The summed E-state index contributed by atoms with van der Waals surface area (Å²) >= 11 is 1.28. The van der Waals surface area contributed by atoms with Crippen LogP contribution < -0.4 is 10.2 Å². The molecule has 0 radical (unpaired) electrons. The molecule has 4 heteroatoms. The summed E-state index contributed by atoms with van der Waals surface area (Å²) in [5.74, 6) is 0. The lowest BCUT2D eigenvalue weighted by Crippen LogP contribution is -2.18. The molecule has 1 aromatic rings. The van der Waals surface area contributed by atoms with Gasteiger partial charge in [-0.25, -0.2) is 0 Å². The lowest BCUT2D eigenvalue weighted by Gasteiger charge is -2.02. The van der Waals surface area contributed by atoms with Crippen molar-refractivity contribution in [2.75, 3.05) is 13.6 Å². The SMILES string of the molecule is CNCCCn1c(C)csc1=O. The maximum atomic E-state index is 11.2. The number of nitrogens with one attached hydrogen (secondary N) is 1. The van der Waals surface area contributed by atoms with Gasteiger partial charge in [-0.15, -0.1) is 0 Å². The van der Waals surface area contributed by atoms with Crippen LogP contribution in [-0.2, 0) is 6.54 Å². The molecule has 0 spiro atoms. The number of nitrogens with zero attached hydrogens (tertiary/aromatic N) is 1. The molecule has 0 saturated heterocycles. The Bertz CT molecular complexity index is 289. The van der Waals surface area contributed by atoms with E-state index in [1.165, 1.54) is 11.3 Å². The summed E-state index contributed by atoms with van der Waals surface area (Å²) in [6.45, 7) is 3.76. The van der Waals surface area contributed by atoms with E-state index in [1.807, 2.05) is 23.9 Å². The largest absolute Gasteiger partial charge is 0.320 e. The molecule has 12 heavy (non-hydrogen) atoms. The minimum absolute atomic E-state index is 0.156. The molecule has 0 aliphatic rings. The van der Waals surface area contributed by atoms with E-state index in [1.54, 1.807) is 0 Å². The summed E-state index contributed by atoms with van der Waals surface area (Å²) in [5.41, 5.74) is 1.07. The average Bonchev–Trinajstić information content (AvgIpc) is 2.35. The topological polar surface area (TPSA) is 34.0 Å². The van der Waals surface area contributed by atoms with Gasteiger partial charge >= 0.3 is 4.87 Å². The molecule has 0 saturated carbocycles. The lowest BCUT2D eigenvalue weighted by molar-refractivity contribution is 0.596. The maximum absolute atomic E-state index is 11.2. The fourth-order valence-electron chi connectivity index (χ4n) is 1.09. The van der Waals surface area contributed by atoms with Crippen molar-refractivity contribution in [3.63, 3.8) is 0 Å². The second-order valence-electron chi connectivity index (χ2n) is 2.75. The van der Waals surface area contributed by atoms with Crippen LogP contribution in [0.1, 0.15) is 12.1 Å². The molecule has 0 amide bonds. The standard InChI is InChI=1S/C8H14N2OS/c1-7-6-12-8(11)10(7)5-3-4-9-2/h6,9H,3-5H2,1-2H3. The molecule has 0 fully saturated rings. The summed E-state index contributed by atoms with van der Waals surface area (Å²) in [7, 11) is 1.92. The van der Waals surface area contributed by atoms with Gasteiger partial charge in [0.2, 0.25) is 0 Å². The predicted molar refractivity (Wildman–Crippen MR) is 51.9 cm³/mol. The molecule has 1 rings (SSSR count). The van der Waals surface area contributed by atoms with Gasteiger partial charge in [0, 0.05) is 17.6 Å². The van der Waals surface area contributed by atoms with Crippen molar-refractivity contribution in [3.8, 4) is 0 Å². The Kier molecular flexibility index (Phi) is 3.49. The molecule has 0 atom stereocenters. The molecule has 0 aliphatic carbocycles. The first-order valence-corrected chi connectivity index (χ1v) is 4.93. The van der Waals surface area contributed by atoms with Crippen LogP contribution in [-0.4, -0.2) is 18.2 Å². The highest BCUT2D eigenvalue weighted by Gasteiger charge is 2.00. The van der Waals surface area contributed by atoms with Crippen molar-refractivity contribution < 1.29 is 0 Å². The van der Waals surface area contributed by atoms with Crippen molar-refractivity contribution in [2.24, 2.45) is 0 Å². The van der Waals surface area contributed by atoms with Crippen LogP contribution in [0.5, 0.6) is 0 Å². The maximum Gasteiger partial charge on any atom is 0.307 e. The van der Waals surface area contributed by atoms with Gasteiger partial charge in [0.25, 0.3) is 0 Å². The number of aryl methyl sites for hydroxylation is 1. The van der Waals surface area contributed by atoms with Crippen molar-refractivity contribution >= 4 is 11.3 Å². The monoisotopic (exact) mass is 186 g/mol. The number of hydrogen-bond acceptors (Lipinski definition) is 3. The van der Waals surface area contributed by atoms with Crippen LogP contribution in [0.4, 0.5) is 0 Å². The molecular formula is C8H14N2OS. The van der Waals surface area contributed by atoms with E-state index in [4.69, 9.17) is 0 Å². The summed E-state index contributed by atoms with van der Waals surface area (Å²) < 4.78 is 1.82. The van der Waals surface area contributed by atoms with Gasteiger partial charge in [-0.2, -0.15) is 0 Å². The second-order valence-corrected chi connectivity index (χ2v) is 3.57. The van der Waals surface area contributed by atoms with Crippen molar-refractivity contribution in [2.45, 2.75) is 19.9 Å². The van der Waals surface area contributed by atoms with Gasteiger partial charge in [0.05, 0.1) is 0 Å². The van der Waals surface area contributed by atoms with Gasteiger partial charge < -0.3 is 9.88 Å². The zero-order valence-corrected chi connectivity index (χ0v) is 8.28.